The summed E-state index contributed by atoms with van der Waals surface area (Å²) in [5, 5.41) is 0. The lowest BCUT2D eigenvalue weighted by Gasteiger charge is -2.00. The number of aromatic nitrogens is 3. The monoisotopic (exact) mass is 277 g/mol. The predicted molar refractivity (Wildman–Crippen MR) is 72.2 cm³/mol. The van der Waals surface area contributed by atoms with Crippen molar-refractivity contribution < 1.29 is 8.81 Å². The zero-order valence-corrected chi connectivity index (χ0v) is 11.3. The highest BCUT2D eigenvalue weighted by Gasteiger charge is 2.10. The van der Waals surface area contributed by atoms with Crippen LogP contribution in [0.1, 0.15) is 17.3 Å². The maximum Gasteiger partial charge on any atom is 0.214 e. The molecule has 6 heteroatoms. The van der Waals surface area contributed by atoms with E-state index in [1.165, 1.54) is 12.1 Å². The molecule has 2 heterocycles. The van der Waals surface area contributed by atoms with Crippen molar-refractivity contribution in [3.8, 4) is 0 Å². The number of fused-ring (bicyclic) bond motifs is 1. The van der Waals surface area contributed by atoms with Crippen molar-refractivity contribution in [2.45, 2.75) is 20.4 Å². The molecular weight excluding hydrogens is 265 g/mol. The molecule has 0 saturated carbocycles. The molecule has 3 aromatic rings. The van der Waals surface area contributed by atoms with Crippen LogP contribution in [0.4, 0.5) is 4.39 Å². The van der Waals surface area contributed by atoms with Gasteiger partial charge in [-0.25, -0.2) is 9.37 Å². The Morgan fingerprint density at radius 3 is 2.89 bits per heavy atom. The van der Waals surface area contributed by atoms with Gasteiger partial charge in [-0.2, -0.15) is 0 Å². The summed E-state index contributed by atoms with van der Waals surface area (Å²) in [5.74, 6) is 1.10. The van der Waals surface area contributed by atoms with Crippen molar-refractivity contribution in [2.75, 3.05) is 0 Å². The van der Waals surface area contributed by atoms with Crippen molar-refractivity contribution in [3.05, 3.63) is 46.1 Å². The van der Waals surface area contributed by atoms with E-state index in [0.29, 0.717) is 22.7 Å². The van der Waals surface area contributed by atoms with Gasteiger partial charge in [0.15, 0.2) is 4.77 Å². The summed E-state index contributed by atoms with van der Waals surface area (Å²) in [5.41, 5.74) is 2.37. The van der Waals surface area contributed by atoms with Gasteiger partial charge in [0.05, 0.1) is 16.7 Å². The smallest absolute Gasteiger partial charge is 0.214 e. The lowest BCUT2D eigenvalue weighted by molar-refractivity contribution is 0.458. The van der Waals surface area contributed by atoms with Crippen LogP contribution in [0.3, 0.4) is 0 Å². The van der Waals surface area contributed by atoms with Gasteiger partial charge in [-0.05, 0) is 44.3 Å². The number of aryl methyl sites for hydroxylation is 2. The summed E-state index contributed by atoms with van der Waals surface area (Å²) < 4.78 is 21.1. The fourth-order valence-corrected chi connectivity index (χ4v) is 2.31. The molecule has 98 valence electrons. The van der Waals surface area contributed by atoms with Crippen molar-refractivity contribution >= 4 is 23.3 Å². The number of aromatic amines is 1. The van der Waals surface area contributed by atoms with E-state index in [1.807, 2.05) is 18.4 Å². The fourth-order valence-electron chi connectivity index (χ4n) is 2.03. The second-order valence-corrected chi connectivity index (χ2v) is 4.81. The van der Waals surface area contributed by atoms with Crippen LogP contribution in [0.25, 0.3) is 11.0 Å². The third kappa shape index (κ3) is 2.08. The molecule has 0 fully saturated rings. The maximum absolute atomic E-state index is 13.2. The largest absolute Gasteiger partial charge is 0.444 e. The molecule has 0 aliphatic heterocycles. The summed E-state index contributed by atoms with van der Waals surface area (Å²) in [6.45, 7) is 4.20. The van der Waals surface area contributed by atoms with Gasteiger partial charge in [0.2, 0.25) is 5.89 Å². The van der Waals surface area contributed by atoms with Crippen molar-refractivity contribution in [3.63, 3.8) is 0 Å². The average molecular weight is 277 g/mol. The number of nitrogens with zero attached hydrogens (tertiary/aromatic N) is 2. The quantitative estimate of drug-likeness (QED) is 0.729. The number of oxazole rings is 1. The Hall–Kier alpha value is -1.95. The third-order valence-corrected chi connectivity index (χ3v) is 3.42. The number of rotatable bonds is 2. The fraction of sp³-hybridized carbons (Fsp3) is 0.231. The van der Waals surface area contributed by atoms with Gasteiger partial charge < -0.3 is 14.0 Å². The molecule has 1 N–H and O–H groups in total. The van der Waals surface area contributed by atoms with Crippen molar-refractivity contribution in [1.82, 2.24) is 14.5 Å². The minimum Gasteiger partial charge on any atom is -0.444 e. The predicted octanol–water partition coefficient (Wildman–Crippen LogP) is 3.49. The van der Waals surface area contributed by atoms with Gasteiger partial charge in [-0.15, -0.1) is 0 Å². The van der Waals surface area contributed by atoms with Gasteiger partial charge in [-0.1, -0.05) is 0 Å². The molecule has 0 aliphatic carbocycles. The van der Waals surface area contributed by atoms with Gasteiger partial charge in [0.25, 0.3) is 0 Å². The number of benzene rings is 1. The van der Waals surface area contributed by atoms with Gasteiger partial charge >= 0.3 is 0 Å². The molecule has 0 saturated heterocycles. The van der Waals surface area contributed by atoms with Crippen LogP contribution in [-0.4, -0.2) is 14.5 Å². The number of H-pyrrole nitrogens is 1. The van der Waals surface area contributed by atoms with Crippen LogP contribution < -0.4 is 0 Å². The topological polar surface area (TPSA) is 46.8 Å². The average Bonchev–Trinajstić information content (AvgIpc) is 2.81. The Bertz CT molecular complexity index is 796. The summed E-state index contributed by atoms with van der Waals surface area (Å²) in [6, 6.07) is 4.53. The Balaban J connectivity index is 2.10. The van der Waals surface area contributed by atoms with E-state index in [2.05, 4.69) is 9.97 Å². The molecule has 0 radical (unpaired) electrons. The van der Waals surface area contributed by atoms with Crippen LogP contribution in [0.2, 0.25) is 0 Å². The van der Waals surface area contributed by atoms with E-state index in [1.54, 1.807) is 6.07 Å². The first-order chi connectivity index (χ1) is 9.04. The second-order valence-electron chi connectivity index (χ2n) is 4.43. The van der Waals surface area contributed by atoms with Crippen LogP contribution in [0.5, 0.6) is 0 Å². The minimum atomic E-state index is -0.293. The minimum absolute atomic E-state index is 0.293. The molecule has 19 heavy (non-hydrogen) atoms. The molecule has 0 amide bonds. The van der Waals surface area contributed by atoms with E-state index < -0.39 is 0 Å². The number of hydrogen-bond donors (Lipinski definition) is 1. The zero-order valence-electron chi connectivity index (χ0n) is 10.5. The highest BCUT2D eigenvalue weighted by Crippen LogP contribution is 2.18. The van der Waals surface area contributed by atoms with Crippen LogP contribution in [0, 0.1) is 24.4 Å². The van der Waals surface area contributed by atoms with Gasteiger partial charge in [0, 0.05) is 0 Å². The molecule has 0 aliphatic rings. The normalized spacial score (nSPS) is 11.3. The molecular formula is C13H12FN3OS. The summed E-state index contributed by atoms with van der Waals surface area (Å²) >= 11 is 5.25. The molecule has 0 spiro atoms. The van der Waals surface area contributed by atoms with E-state index in [0.717, 1.165) is 17.0 Å². The lowest BCUT2D eigenvalue weighted by Crippen LogP contribution is -2.00. The first kappa shape index (κ1) is 12.1. The van der Waals surface area contributed by atoms with Gasteiger partial charge in [-0.3, -0.25) is 0 Å². The number of imidazole rings is 1. The lowest BCUT2D eigenvalue weighted by atomic mass is 10.3. The summed E-state index contributed by atoms with van der Waals surface area (Å²) in [7, 11) is 0. The molecule has 1 aromatic carbocycles. The Morgan fingerprint density at radius 1 is 1.42 bits per heavy atom. The Morgan fingerprint density at radius 2 is 2.21 bits per heavy atom. The number of halogens is 1. The highest BCUT2D eigenvalue weighted by atomic mass is 32.1. The maximum atomic E-state index is 13.2. The highest BCUT2D eigenvalue weighted by molar-refractivity contribution is 7.71. The van der Waals surface area contributed by atoms with Crippen LogP contribution in [-0.2, 0) is 6.54 Å². The van der Waals surface area contributed by atoms with Crippen molar-refractivity contribution in [1.29, 1.82) is 0 Å². The van der Waals surface area contributed by atoms with Crippen LogP contribution in [0.15, 0.2) is 22.6 Å². The molecule has 3 rings (SSSR count). The first-order valence-electron chi connectivity index (χ1n) is 5.85. The molecule has 0 unspecified atom stereocenters. The van der Waals surface area contributed by atoms with E-state index in [4.69, 9.17) is 16.6 Å². The first-order valence-corrected chi connectivity index (χ1v) is 6.26. The molecule has 2 aromatic heterocycles. The number of hydrogen-bond acceptors (Lipinski definition) is 3. The van der Waals surface area contributed by atoms with Crippen molar-refractivity contribution in [2.24, 2.45) is 0 Å². The van der Waals surface area contributed by atoms with E-state index in [9.17, 15) is 4.39 Å². The van der Waals surface area contributed by atoms with E-state index in [-0.39, 0.29) is 5.82 Å². The third-order valence-electron chi connectivity index (χ3n) is 3.10. The van der Waals surface area contributed by atoms with Gasteiger partial charge in [0.1, 0.15) is 18.1 Å². The Kier molecular flexibility index (Phi) is 2.74. The SMILES string of the molecule is Cc1nc(Cn2c(=S)[nH]c3cc(F)ccc32)oc1C. The summed E-state index contributed by atoms with van der Waals surface area (Å²) in [6.07, 6.45) is 0. The standard InChI is InChI=1S/C13H12FN3OS/c1-7-8(2)18-12(15-7)6-17-11-4-3-9(14)5-10(11)16-13(17)19/h3-5H,6H2,1-2H3,(H,16,19). The number of nitrogens with one attached hydrogen (secondary N) is 1. The zero-order chi connectivity index (χ0) is 13.6. The molecule has 0 bridgehead atoms. The second kappa shape index (κ2) is 4.31. The summed E-state index contributed by atoms with van der Waals surface area (Å²) in [4.78, 5) is 7.31. The molecule has 4 nitrogen and oxygen atoms in total. The molecule has 0 atom stereocenters. The van der Waals surface area contributed by atoms with Crippen LogP contribution >= 0.6 is 12.2 Å². The van der Waals surface area contributed by atoms with E-state index >= 15 is 0 Å². The Labute approximate surface area is 113 Å².